The van der Waals surface area contributed by atoms with E-state index >= 15 is 0 Å². The van der Waals surface area contributed by atoms with E-state index in [4.69, 9.17) is 4.79 Å². The highest BCUT2D eigenvalue weighted by Gasteiger charge is 2.22. The molecule has 0 spiro atoms. The number of hydrogen-bond acceptors (Lipinski definition) is 4. The van der Waals surface area contributed by atoms with Crippen molar-refractivity contribution in [2.75, 3.05) is 39.8 Å². The maximum atomic E-state index is 12.0. The highest BCUT2D eigenvalue weighted by atomic mass is 16.2. The minimum absolute atomic E-state index is 0.345. The average Bonchev–Trinajstić information content (AvgIpc) is 2.65. The summed E-state index contributed by atoms with van der Waals surface area (Å²) in [5.41, 5.74) is 0. The van der Waals surface area contributed by atoms with E-state index in [-0.39, 0.29) is 0 Å². The predicted molar refractivity (Wildman–Crippen MR) is 105 cm³/mol. The molecule has 0 aliphatic carbocycles. The van der Waals surface area contributed by atoms with Crippen LogP contribution in [0.2, 0.25) is 0 Å². The first kappa shape index (κ1) is 27.9. The Morgan fingerprint density at radius 3 is 1.75 bits per heavy atom. The molecule has 1 unspecified atom stereocenters. The third kappa shape index (κ3) is 14.6. The van der Waals surface area contributed by atoms with Crippen molar-refractivity contribution in [3.05, 3.63) is 0 Å². The molecule has 0 saturated carbocycles. The van der Waals surface area contributed by atoms with Gasteiger partial charge >= 0.3 is 0 Å². The quantitative estimate of drug-likeness (QED) is 0.832. The van der Waals surface area contributed by atoms with Gasteiger partial charge in [0, 0.05) is 38.6 Å². The first-order valence-electron chi connectivity index (χ1n) is 9.41. The summed E-state index contributed by atoms with van der Waals surface area (Å²) in [7, 11) is 1.93. The van der Waals surface area contributed by atoms with Crippen LogP contribution in [0.15, 0.2) is 0 Å². The van der Waals surface area contributed by atoms with Crippen molar-refractivity contribution in [1.82, 2.24) is 15.1 Å². The van der Waals surface area contributed by atoms with Crippen molar-refractivity contribution in [3.63, 3.8) is 0 Å². The second kappa shape index (κ2) is 20.1. The highest BCUT2D eigenvalue weighted by molar-refractivity contribution is 5.76. The molecule has 0 aromatic rings. The molecule has 0 radical (unpaired) electrons. The Morgan fingerprint density at radius 1 is 1.04 bits per heavy atom. The van der Waals surface area contributed by atoms with Crippen molar-refractivity contribution in [2.45, 2.75) is 67.3 Å². The lowest BCUT2D eigenvalue weighted by Crippen LogP contribution is -2.50. The van der Waals surface area contributed by atoms with Crippen LogP contribution in [-0.2, 0) is 9.59 Å². The lowest BCUT2D eigenvalue weighted by Gasteiger charge is -2.37. The molecule has 1 N–H and O–H groups in total. The summed E-state index contributed by atoms with van der Waals surface area (Å²) in [6.07, 6.45) is 1.82. The predicted octanol–water partition coefficient (Wildman–Crippen LogP) is 3.04. The zero-order chi connectivity index (χ0) is 19.5. The molecule has 1 aliphatic rings. The number of carbonyl (C=O) groups excluding carboxylic acids is 2. The number of nitrogens with one attached hydrogen (secondary N) is 1. The van der Waals surface area contributed by atoms with Gasteiger partial charge < -0.3 is 15.0 Å². The van der Waals surface area contributed by atoms with Crippen molar-refractivity contribution >= 4 is 12.7 Å². The van der Waals surface area contributed by atoms with Gasteiger partial charge in [0.1, 0.15) is 6.79 Å². The number of amides is 1. The smallest absolute Gasteiger partial charge is 0.222 e. The Bertz CT molecular complexity index is 263. The summed E-state index contributed by atoms with van der Waals surface area (Å²) < 4.78 is 0. The number of carbonyl (C=O) groups is 2. The van der Waals surface area contributed by atoms with Crippen molar-refractivity contribution in [3.8, 4) is 0 Å². The number of hydrogen-bond donors (Lipinski definition) is 1. The monoisotopic (exact) mass is 345 g/mol. The average molecular weight is 346 g/mol. The molecular weight excluding hydrogens is 302 g/mol. The van der Waals surface area contributed by atoms with E-state index in [1.165, 1.54) is 0 Å². The lowest BCUT2D eigenvalue weighted by atomic mass is 10.0. The maximum absolute atomic E-state index is 12.0. The molecule has 1 rings (SSSR count). The largest absolute Gasteiger partial charge is 0.340 e. The van der Waals surface area contributed by atoms with Gasteiger partial charge in [0.15, 0.2) is 0 Å². The van der Waals surface area contributed by atoms with Crippen LogP contribution in [0.4, 0.5) is 0 Å². The summed E-state index contributed by atoms with van der Waals surface area (Å²) >= 11 is 0. The Hall–Kier alpha value is -0.940. The topological polar surface area (TPSA) is 52.7 Å². The van der Waals surface area contributed by atoms with Crippen LogP contribution >= 0.6 is 0 Å². The molecule has 1 fully saturated rings. The highest BCUT2D eigenvalue weighted by Crippen LogP contribution is 2.12. The Balaban J connectivity index is -0.000000471. The van der Waals surface area contributed by atoms with Gasteiger partial charge in [0.2, 0.25) is 5.91 Å². The van der Waals surface area contributed by atoms with Crippen molar-refractivity contribution in [2.24, 2.45) is 5.92 Å². The SMILES string of the molecule is C=O.CC.CCC(C)CC(=O)N1CCN(C(C)C)CC1.CCNC. The van der Waals surface area contributed by atoms with Crippen LogP contribution in [0.3, 0.4) is 0 Å². The maximum Gasteiger partial charge on any atom is 0.222 e. The Kier molecular flexibility index (Phi) is 23.4. The zero-order valence-corrected chi connectivity index (χ0v) is 17.5. The molecule has 0 bridgehead atoms. The van der Waals surface area contributed by atoms with Crippen LogP contribution in [-0.4, -0.2) is 68.3 Å². The van der Waals surface area contributed by atoms with Gasteiger partial charge in [0.25, 0.3) is 0 Å². The van der Waals surface area contributed by atoms with Crippen LogP contribution < -0.4 is 5.32 Å². The fraction of sp³-hybridized carbons (Fsp3) is 0.895. The molecule has 24 heavy (non-hydrogen) atoms. The molecule has 5 heteroatoms. The van der Waals surface area contributed by atoms with E-state index < -0.39 is 0 Å². The first-order chi connectivity index (χ1) is 11.5. The normalized spacial score (nSPS) is 15.1. The number of rotatable bonds is 5. The Morgan fingerprint density at radius 2 is 1.46 bits per heavy atom. The van der Waals surface area contributed by atoms with E-state index in [0.29, 0.717) is 17.9 Å². The van der Waals surface area contributed by atoms with Crippen LogP contribution in [0.1, 0.15) is 61.3 Å². The van der Waals surface area contributed by atoms with Gasteiger partial charge in [0.05, 0.1) is 0 Å². The van der Waals surface area contributed by atoms with Gasteiger partial charge in [-0.2, -0.15) is 0 Å². The van der Waals surface area contributed by atoms with Gasteiger partial charge in [-0.15, -0.1) is 0 Å². The van der Waals surface area contributed by atoms with E-state index in [1.807, 2.05) is 32.6 Å². The molecule has 1 atom stereocenters. The van der Waals surface area contributed by atoms with Crippen LogP contribution in [0.5, 0.6) is 0 Å². The Labute approximate surface area is 151 Å². The van der Waals surface area contributed by atoms with Gasteiger partial charge in [-0.05, 0) is 33.4 Å². The van der Waals surface area contributed by atoms with Gasteiger partial charge in [-0.25, -0.2) is 0 Å². The minimum Gasteiger partial charge on any atom is -0.340 e. The summed E-state index contributed by atoms with van der Waals surface area (Å²) in [5, 5.41) is 2.93. The molecule has 0 aromatic carbocycles. The lowest BCUT2D eigenvalue weighted by molar-refractivity contribution is -0.134. The molecule has 1 amide bonds. The second-order valence-electron chi connectivity index (χ2n) is 5.94. The molecule has 146 valence electrons. The fourth-order valence-corrected chi connectivity index (χ4v) is 2.06. The van der Waals surface area contributed by atoms with Crippen LogP contribution in [0.25, 0.3) is 0 Å². The van der Waals surface area contributed by atoms with E-state index in [1.54, 1.807) is 0 Å². The van der Waals surface area contributed by atoms with Crippen molar-refractivity contribution < 1.29 is 9.59 Å². The van der Waals surface area contributed by atoms with Crippen LogP contribution in [0, 0.1) is 5.92 Å². The summed E-state index contributed by atoms with van der Waals surface area (Å²) in [4.78, 5) is 24.4. The minimum atomic E-state index is 0.345. The van der Waals surface area contributed by atoms with E-state index in [9.17, 15) is 4.79 Å². The molecule has 1 aliphatic heterocycles. The molecular formula is C19H43N3O2. The number of nitrogens with zero attached hydrogens (tertiary/aromatic N) is 2. The van der Waals surface area contributed by atoms with Gasteiger partial charge in [-0.3, -0.25) is 9.69 Å². The molecule has 5 nitrogen and oxygen atoms in total. The van der Waals surface area contributed by atoms with E-state index in [0.717, 1.165) is 45.6 Å². The molecule has 1 saturated heterocycles. The van der Waals surface area contributed by atoms with E-state index in [2.05, 4.69) is 44.8 Å². The zero-order valence-electron chi connectivity index (χ0n) is 17.5. The second-order valence-corrected chi connectivity index (χ2v) is 5.94. The third-order valence-corrected chi connectivity index (χ3v) is 3.97. The van der Waals surface area contributed by atoms with Gasteiger partial charge in [-0.1, -0.05) is 41.0 Å². The first-order valence-corrected chi connectivity index (χ1v) is 9.41. The molecule has 0 aromatic heterocycles. The van der Waals surface area contributed by atoms with Crippen molar-refractivity contribution in [1.29, 1.82) is 0 Å². The third-order valence-electron chi connectivity index (χ3n) is 3.97. The standard InChI is InChI=1S/C13H26N2O.C3H9N.C2H6.CH2O/c1-5-12(4)10-13(16)15-8-6-14(7-9-15)11(2)3;1-3-4-2;2*1-2/h11-12H,5-10H2,1-4H3;4H,3H2,1-2H3;1-2H3;1H2. The summed E-state index contributed by atoms with van der Waals surface area (Å²) in [6.45, 7) is 21.8. The number of piperazine rings is 1. The molecule has 1 heterocycles. The summed E-state index contributed by atoms with van der Waals surface area (Å²) in [5.74, 6) is 0.869. The summed E-state index contributed by atoms with van der Waals surface area (Å²) in [6, 6.07) is 0.604. The fourth-order valence-electron chi connectivity index (χ4n) is 2.06.